The van der Waals surface area contributed by atoms with Crippen molar-refractivity contribution in [3.05, 3.63) is 53.3 Å². The normalized spacial score (nSPS) is 27.7. The average Bonchev–Trinajstić information content (AvgIpc) is 3.45. The van der Waals surface area contributed by atoms with Crippen LogP contribution in [0.1, 0.15) is 46.7 Å². The zero-order valence-corrected chi connectivity index (χ0v) is 23.9. The van der Waals surface area contributed by atoms with Gasteiger partial charge in [0.15, 0.2) is 17.6 Å². The van der Waals surface area contributed by atoms with Crippen LogP contribution in [0.25, 0.3) is 0 Å². The van der Waals surface area contributed by atoms with E-state index in [0.29, 0.717) is 18.1 Å². The number of rotatable bonds is 6. The number of fused-ring (bicyclic) bond motifs is 1. The molecule has 15 nitrogen and oxygen atoms in total. The molecule has 228 valence electrons. The van der Waals surface area contributed by atoms with E-state index in [1.54, 1.807) is 18.2 Å². The second-order valence-electron chi connectivity index (χ2n) is 11.8. The van der Waals surface area contributed by atoms with Gasteiger partial charge < -0.3 is 51.2 Å². The molecule has 4 aliphatic rings. The minimum atomic E-state index is -2.66. The Morgan fingerprint density at radius 1 is 1.19 bits per heavy atom. The fourth-order valence-corrected chi connectivity index (χ4v) is 6.46. The Morgan fingerprint density at radius 3 is 2.70 bits per heavy atom. The highest BCUT2D eigenvalue weighted by Gasteiger charge is 2.74. The second-order valence-corrected chi connectivity index (χ2v) is 11.8. The van der Waals surface area contributed by atoms with E-state index in [2.05, 4.69) is 45.4 Å². The largest absolute Gasteiger partial charge is 0.495 e. The van der Waals surface area contributed by atoms with E-state index in [-0.39, 0.29) is 41.7 Å². The monoisotopic (exact) mass is 593 g/mol. The van der Waals surface area contributed by atoms with Gasteiger partial charge in [-0.05, 0) is 30.0 Å². The summed E-state index contributed by atoms with van der Waals surface area (Å²) in [5.74, 6) is -3.12. The van der Waals surface area contributed by atoms with E-state index in [0.717, 1.165) is 12.0 Å². The van der Waals surface area contributed by atoms with Crippen LogP contribution in [0.15, 0.2) is 36.5 Å². The van der Waals surface area contributed by atoms with Gasteiger partial charge >= 0.3 is 0 Å². The van der Waals surface area contributed by atoms with E-state index < -0.39 is 41.4 Å². The van der Waals surface area contributed by atoms with Gasteiger partial charge in [0.05, 0.1) is 37.6 Å². The number of amides is 2. The fourth-order valence-electron chi connectivity index (χ4n) is 6.46. The lowest BCUT2D eigenvalue weighted by Crippen LogP contribution is -2.81. The minimum Gasteiger partial charge on any atom is -0.495 e. The van der Waals surface area contributed by atoms with Crippen LogP contribution in [-0.2, 0) is 5.41 Å². The van der Waals surface area contributed by atoms with Crippen LogP contribution in [-0.4, -0.2) is 100 Å². The minimum absolute atomic E-state index is 0.0481. The van der Waals surface area contributed by atoms with Gasteiger partial charge in [-0.15, -0.1) is 0 Å². The number of methoxy groups -OCH3 is 1. The lowest BCUT2D eigenvalue weighted by atomic mass is 9.79. The van der Waals surface area contributed by atoms with Crippen LogP contribution in [0.4, 0.5) is 0 Å². The van der Waals surface area contributed by atoms with Gasteiger partial charge in [0, 0.05) is 18.7 Å². The van der Waals surface area contributed by atoms with E-state index in [4.69, 9.17) is 20.3 Å². The molecule has 1 aromatic heterocycles. The molecule has 3 fully saturated rings. The molecule has 0 bridgehead atoms. The molecule has 3 saturated heterocycles. The number of nitrogens with one attached hydrogen (secondary N) is 7. The van der Waals surface area contributed by atoms with Crippen LogP contribution >= 0.6 is 0 Å². The molecule has 2 aromatic rings. The molecule has 0 aliphatic carbocycles. The number of aliphatic hydroxyl groups is 2. The standard InChI is InChI=1S/C28H35N9O6/c1-26(2)9-10-43-20-15(5-4-6-16(20)26)22(38)34-19-13-37-25(30)33-18(21-27(37,28(19,40)41)36-24(29)35-21)12-32-23(39)17-8-7-14(42-3)11-31-17/h4-8,11,18-19,21,40-41H,9-10,12-13H2,1-3H3,(H2,30,33)(H,32,39)(H,34,38)(H3,29,35,36)/t18-,19?,21?,27?/m0/s1. The van der Waals surface area contributed by atoms with E-state index in [9.17, 15) is 19.8 Å². The maximum absolute atomic E-state index is 13.6. The quantitative estimate of drug-likeness (QED) is 0.181. The highest BCUT2D eigenvalue weighted by molar-refractivity contribution is 5.98. The Hall–Kier alpha value is -4.63. The maximum atomic E-state index is 13.6. The van der Waals surface area contributed by atoms with Crippen molar-refractivity contribution in [2.24, 2.45) is 0 Å². The Kier molecular flexibility index (Phi) is 6.61. The third kappa shape index (κ3) is 4.38. The molecule has 43 heavy (non-hydrogen) atoms. The van der Waals surface area contributed by atoms with Crippen LogP contribution in [0.5, 0.6) is 11.5 Å². The zero-order chi connectivity index (χ0) is 30.7. The molecular weight excluding hydrogens is 558 g/mol. The highest BCUT2D eigenvalue weighted by Crippen LogP contribution is 2.44. The number of benzene rings is 1. The SMILES string of the molecule is COc1ccc(C(=O)NC[C@@H]2NC(=N)N3CC(NC(=O)c4cccc5c4OCCC5(C)C)C(O)(O)C34NC(=N)NC24)nc1. The summed E-state index contributed by atoms with van der Waals surface area (Å²) in [4.78, 5) is 31.8. The van der Waals surface area contributed by atoms with Crippen LogP contribution in [0, 0.1) is 10.8 Å². The fraction of sp³-hybridized carbons (Fsp3) is 0.464. The van der Waals surface area contributed by atoms with Gasteiger partial charge in [-0.25, -0.2) is 4.98 Å². The van der Waals surface area contributed by atoms with Crippen molar-refractivity contribution in [3.8, 4) is 11.5 Å². The van der Waals surface area contributed by atoms with Crippen LogP contribution in [0.3, 0.4) is 0 Å². The van der Waals surface area contributed by atoms with Gasteiger partial charge in [0.2, 0.25) is 5.79 Å². The summed E-state index contributed by atoms with van der Waals surface area (Å²) in [6, 6.07) is 5.48. The van der Waals surface area contributed by atoms with Crippen LogP contribution < -0.4 is 36.1 Å². The molecule has 9 N–H and O–H groups in total. The molecule has 15 heteroatoms. The van der Waals surface area contributed by atoms with Gasteiger partial charge in [-0.1, -0.05) is 26.0 Å². The number of aromatic nitrogens is 1. The predicted molar refractivity (Wildman–Crippen MR) is 153 cm³/mol. The van der Waals surface area contributed by atoms with Gasteiger partial charge in [-0.2, -0.15) is 0 Å². The van der Waals surface area contributed by atoms with Crippen molar-refractivity contribution < 1.29 is 29.3 Å². The molecule has 1 aromatic carbocycles. The summed E-state index contributed by atoms with van der Waals surface area (Å²) in [6.07, 6.45) is 2.21. The second kappa shape index (κ2) is 9.98. The average molecular weight is 594 g/mol. The molecule has 3 unspecified atom stereocenters. The first-order valence-corrected chi connectivity index (χ1v) is 13.9. The molecule has 0 saturated carbocycles. The zero-order valence-electron chi connectivity index (χ0n) is 23.9. The van der Waals surface area contributed by atoms with Gasteiger partial charge in [0.25, 0.3) is 11.8 Å². The van der Waals surface area contributed by atoms with Crippen LogP contribution in [0.2, 0.25) is 0 Å². The Balaban J connectivity index is 1.24. The third-order valence-corrected chi connectivity index (χ3v) is 8.85. The number of ether oxygens (including phenoxy) is 2. The van der Waals surface area contributed by atoms with Crippen molar-refractivity contribution in [3.63, 3.8) is 0 Å². The molecular formula is C28H35N9O6. The molecule has 5 heterocycles. The van der Waals surface area contributed by atoms with E-state index >= 15 is 0 Å². The van der Waals surface area contributed by atoms with Crippen molar-refractivity contribution in [1.29, 1.82) is 10.8 Å². The summed E-state index contributed by atoms with van der Waals surface area (Å²) in [5.41, 5.74) is -0.704. The van der Waals surface area contributed by atoms with Crippen molar-refractivity contribution in [2.75, 3.05) is 26.8 Å². The number of carbonyl (C=O) groups excluding carboxylic acids is 2. The van der Waals surface area contributed by atoms with E-state index in [1.807, 2.05) is 6.07 Å². The number of carbonyl (C=O) groups is 2. The molecule has 4 atom stereocenters. The Morgan fingerprint density at radius 2 is 1.98 bits per heavy atom. The summed E-state index contributed by atoms with van der Waals surface area (Å²) >= 11 is 0. The highest BCUT2D eigenvalue weighted by atomic mass is 16.5. The first kappa shape index (κ1) is 28.5. The van der Waals surface area contributed by atoms with Gasteiger partial charge in [0.1, 0.15) is 23.2 Å². The third-order valence-electron chi connectivity index (χ3n) is 8.85. The lowest BCUT2D eigenvalue weighted by Gasteiger charge is -2.51. The maximum Gasteiger partial charge on any atom is 0.269 e. The molecule has 1 spiro atoms. The molecule has 2 amide bonds. The summed E-state index contributed by atoms with van der Waals surface area (Å²) in [7, 11) is 1.49. The molecule has 4 aliphatic heterocycles. The first-order chi connectivity index (χ1) is 20.4. The lowest BCUT2D eigenvalue weighted by molar-refractivity contribution is -0.232. The van der Waals surface area contributed by atoms with Crippen molar-refractivity contribution >= 4 is 23.7 Å². The number of guanidine groups is 2. The molecule has 0 radical (unpaired) electrons. The smallest absolute Gasteiger partial charge is 0.269 e. The summed E-state index contributed by atoms with van der Waals surface area (Å²) in [6.45, 7) is 4.40. The summed E-state index contributed by atoms with van der Waals surface area (Å²) in [5, 5.41) is 54.7. The first-order valence-electron chi connectivity index (χ1n) is 13.9. The topological polar surface area (TPSA) is 217 Å². The number of para-hydroxylation sites is 1. The van der Waals surface area contributed by atoms with Crippen molar-refractivity contribution in [1.82, 2.24) is 36.5 Å². The Bertz CT molecular complexity index is 1500. The van der Waals surface area contributed by atoms with Gasteiger partial charge in [-0.3, -0.25) is 20.4 Å². The Labute approximate surface area is 247 Å². The number of hydrogen-bond donors (Lipinski definition) is 9. The number of pyridine rings is 1. The van der Waals surface area contributed by atoms with E-state index in [1.165, 1.54) is 24.3 Å². The predicted octanol–water partition coefficient (Wildman–Crippen LogP) is -1.23. The number of hydrogen-bond acceptors (Lipinski definition) is 9. The molecule has 6 rings (SSSR count). The summed E-state index contributed by atoms with van der Waals surface area (Å²) < 4.78 is 11.0. The number of nitrogens with zero attached hydrogens (tertiary/aromatic N) is 2. The van der Waals surface area contributed by atoms with Crippen molar-refractivity contribution in [2.45, 2.75) is 55.3 Å².